The van der Waals surface area contributed by atoms with Gasteiger partial charge in [-0.05, 0) is 31.7 Å². The normalized spacial score (nSPS) is 10.3. The van der Waals surface area contributed by atoms with Gasteiger partial charge in [-0.25, -0.2) is 0 Å². The van der Waals surface area contributed by atoms with Gasteiger partial charge >= 0.3 is 0 Å². The van der Waals surface area contributed by atoms with Crippen LogP contribution < -0.4 is 0 Å². The van der Waals surface area contributed by atoms with Crippen LogP contribution in [-0.2, 0) is 10.9 Å². The Hall–Kier alpha value is 0.350. The predicted molar refractivity (Wildman–Crippen MR) is 39.0 cm³/mol. The van der Waals surface area contributed by atoms with Crippen LogP contribution in [0.1, 0.15) is 20.8 Å². The summed E-state index contributed by atoms with van der Waals surface area (Å²) in [6.07, 6.45) is 0. The van der Waals surface area contributed by atoms with Crippen LogP contribution in [0, 0.1) is 0 Å². The molecule has 0 saturated heterocycles. The van der Waals surface area contributed by atoms with E-state index in [1.54, 1.807) is 0 Å². The molecule has 1 heteroatoms. The molecule has 0 amide bonds. The van der Waals surface area contributed by atoms with Crippen molar-refractivity contribution in [2.75, 3.05) is 17.3 Å². The lowest BCUT2D eigenvalue weighted by atomic mass is 10.9. The quantitative estimate of drug-likeness (QED) is 0.496. The third kappa shape index (κ3) is 2.98. The van der Waals surface area contributed by atoms with Gasteiger partial charge in [0, 0.05) is 0 Å². The van der Waals surface area contributed by atoms with Crippen molar-refractivity contribution in [1.29, 1.82) is 0 Å². The summed E-state index contributed by atoms with van der Waals surface area (Å²) in [6, 6.07) is 0. The van der Waals surface area contributed by atoms with Crippen LogP contribution >= 0.6 is 0 Å². The fourth-order valence-corrected chi connectivity index (χ4v) is 1.84. The van der Waals surface area contributed by atoms with Crippen molar-refractivity contribution in [3.05, 3.63) is 0 Å². The molecule has 0 rings (SSSR count). The fraction of sp³-hybridized carbons (Fsp3) is 1.00. The Morgan fingerprint density at radius 2 is 1.14 bits per heavy atom. The van der Waals surface area contributed by atoms with Gasteiger partial charge in [-0.3, -0.25) is 0 Å². The minimum absolute atomic E-state index is 0.755. The molecule has 0 fully saturated rings. The number of hydrogen-bond acceptors (Lipinski definition) is 0. The second-order valence-electron chi connectivity index (χ2n) is 1.48. The maximum Gasteiger partial charge on any atom is 0.105 e. The third-order valence-corrected chi connectivity index (χ3v) is 3.67. The summed E-state index contributed by atoms with van der Waals surface area (Å²) >= 11 is 0. The molecule has 0 aliphatic heterocycles. The molecule has 0 aromatic rings. The molecule has 0 nitrogen and oxygen atoms in total. The van der Waals surface area contributed by atoms with Crippen molar-refractivity contribution in [3.63, 3.8) is 0 Å². The summed E-state index contributed by atoms with van der Waals surface area (Å²) in [7, 11) is 0.755. The Balaban J connectivity index is 2.99. The van der Waals surface area contributed by atoms with E-state index in [0.29, 0.717) is 0 Å². The lowest BCUT2D eigenvalue weighted by molar-refractivity contribution is 1.37. The molecule has 44 valence electrons. The topological polar surface area (TPSA) is 0 Å². The molecular formula is C6H15S+. The van der Waals surface area contributed by atoms with Gasteiger partial charge in [0.05, 0.1) is 0 Å². The monoisotopic (exact) mass is 119 g/mol. The van der Waals surface area contributed by atoms with E-state index in [1.165, 1.54) is 17.3 Å². The van der Waals surface area contributed by atoms with Crippen LogP contribution in [0.2, 0.25) is 0 Å². The SMILES string of the molecule is CC[S+](CC)CC. The molecule has 0 aromatic heterocycles. The number of hydrogen-bond donors (Lipinski definition) is 0. The maximum absolute atomic E-state index is 2.27. The highest BCUT2D eigenvalue weighted by atomic mass is 32.2. The second kappa shape index (κ2) is 4.51. The van der Waals surface area contributed by atoms with Gasteiger partial charge in [0.15, 0.2) is 0 Å². The molecular weight excluding hydrogens is 104 g/mol. The average Bonchev–Trinajstić information content (AvgIpc) is 1.72. The average molecular weight is 119 g/mol. The highest BCUT2D eigenvalue weighted by molar-refractivity contribution is 7.96. The molecule has 0 spiro atoms. The van der Waals surface area contributed by atoms with Crippen LogP contribution in [0.3, 0.4) is 0 Å². The van der Waals surface area contributed by atoms with Crippen molar-refractivity contribution < 1.29 is 0 Å². The molecule has 0 heterocycles. The van der Waals surface area contributed by atoms with E-state index in [4.69, 9.17) is 0 Å². The lowest BCUT2D eigenvalue weighted by Gasteiger charge is -1.96. The largest absolute Gasteiger partial charge is 0.105 e. The lowest BCUT2D eigenvalue weighted by Crippen LogP contribution is -2.09. The van der Waals surface area contributed by atoms with Crippen molar-refractivity contribution in [3.8, 4) is 0 Å². The minimum Gasteiger partial charge on any atom is -0.0198 e. The van der Waals surface area contributed by atoms with Crippen LogP contribution in [-0.4, -0.2) is 17.3 Å². The van der Waals surface area contributed by atoms with Crippen molar-refractivity contribution in [2.45, 2.75) is 20.8 Å². The zero-order valence-corrected chi connectivity index (χ0v) is 6.35. The maximum atomic E-state index is 2.27. The van der Waals surface area contributed by atoms with E-state index >= 15 is 0 Å². The van der Waals surface area contributed by atoms with Gasteiger partial charge in [-0.2, -0.15) is 0 Å². The van der Waals surface area contributed by atoms with E-state index in [2.05, 4.69) is 20.8 Å². The highest BCUT2D eigenvalue weighted by Crippen LogP contribution is 1.92. The van der Waals surface area contributed by atoms with Gasteiger partial charge < -0.3 is 0 Å². The van der Waals surface area contributed by atoms with Gasteiger partial charge in [-0.15, -0.1) is 0 Å². The van der Waals surface area contributed by atoms with Crippen LogP contribution in [0.5, 0.6) is 0 Å². The zero-order valence-electron chi connectivity index (χ0n) is 5.53. The van der Waals surface area contributed by atoms with Gasteiger partial charge in [0.25, 0.3) is 0 Å². The third-order valence-electron chi connectivity index (χ3n) is 1.22. The van der Waals surface area contributed by atoms with E-state index in [-0.39, 0.29) is 0 Å². The van der Waals surface area contributed by atoms with Crippen molar-refractivity contribution >= 4 is 10.9 Å². The first-order valence-electron chi connectivity index (χ1n) is 2.99. The van der Waals surface area contributed by atoms with Gasteiger partial charge in [0.2, 0.25) is 0 Å². The summed E-state index contributed by atoms with van der Waals surface area (Å²) in [4.78, 5) is 0. The van der Waals surface area contributed by atoms with Crippen LogP contribution in [0.25, 0.3) is 0 Å². The summed E-state index contributed by atoms with van der Waals surface area (Å²) < 4.78 is 0. The summed E-state index contributed by atoms with van der Waals surface area (Å²) in [5, 5.41) is 0. The Morgan fingerprint density at radius 1 is 0.857 bits per heavy atom. The van der Waals surface area contributed by atoms with Gasteiger partial charge in [-0.1, -0.05) is 0 Å². The molecule has 0 radical (unpaired) electrons. The highest BCUT2D eigenvalue weighted by Gasteiger charge is 2.05. The van der Waals surface area contributed by atoms with Crippen molar-refractivity contribution in [2.24, 2.45) is 0 Å². The van der Waals surface area contributed by atoms with Gasteiger partial charge in [0.1, 0.15) is 17.3 Å². The molecule has 0 bridgehead atoms. The molecule has 7 heavy (non-hydrogen) atoms. The van der Waals surface area contributed by atoms with E-state index in [0.717, 1.165) is 10.9 Å². The molecule has 0 atom stereocenters. The minimum atomic E-state index is 0.755. The summed E-state index contributed by atoms with van der Waals surface area (Å²) in [5.41, 5.74) is 0. The molecule has 0 aliphatic carbocycles. The summed E-state index contributed by atoms with van der Waals surface area (Å²) in [6.45, 7) is 6.82. The van der Waals surface area contributed by atoms with Crippen LogP contribution in [0.4, 0.5) is 0 Å². The fourth-order valence-electron chi connectivity index (χ4n) is 0.612. The molecule has 0 unspecified atom stereocenters. The molecule has 0 saturated carbocycles. The van der Waals surface area contributed by atoms with E-state index < -0.39 is 0 Å². The Labute approximate surface area is 49.7 Å². The number of rotatable bonds is 3. The van der Waals surface area contributed by atoms with Crippen molar-refractivity contribution in [1.82, 2.24) is 0 Å². The molecule has 0 aromatic carbocycles. The first kappa shape index (κ1) is 7.35. The Bertz CT molecular complexity index is 25.7. The molecule has 0 N–H and O–H groups in total. The summed E-state index contributed by atoms with van der Waals surface area (Å²) in [5.74, 6) is 4.15. The standard InChI is InChI=1S/C6H15S/c1-4-7(5-2)6-3/h4-6H2,1-3H3/q+1. The zero-order chi connectivity index (χ0) is 5.70. The smallest absolute Gasteiger partial charge is 0.0198 e. The Kier molecular flexibility index (Phi) is 4.73. The second-order valence-corrected chi connectivity index (χ2v) is 4.44. The van der Waals surface area contributed by atoms with Crippen LogP contribution in [0.15, 0.2) is 0 Å². The first-order chi connectivity index (χ1) is 3.35. The predicted octanol–water partition coefficient (Wildman–Crippen LogP) is 1.66. The molecule has 0 aliphatic rings. The Morgan fingerprint density at radius 3 is 1.14 bits per heavy atom. The first-order valence-corrected chi connectivity index (χ1v) is 4.72. The van der Waals surface area contributed by atoms with E-state index in [1.807, 2.05) is 0 Å². The van der Waals surface area contributed by atoms with E-state index in [9.17, 15) is 0 Å².